The second kappa shape index (κ2) is 7.90. The van der Waals surface area contributed by atoms with Gasteiger partial charge in [-0.05, 0) is 24.1 Å². The smallest absolute Gasteiger partial charge is 0.243 e. The lowest BCUT2D eigenvalue weighted by molar-refractivity contribution is -0.145. The molecule has 0 aromatic heterocycles. The van der Waals surface area contributed by atoms with Crippen molar-refractivity contribution in [2.75, 3.05) is 59.5 Å². The SMILES string of the molecule is CCN1CCN(C2(C(=O)N3CC[C@H](COC)C3)Cc3ccccc3C2)CC1. The summed E-state index contributed by atoms with van der Waals surface area (Å²) in [7, 11) is 1.76. The van der Waals surface area contributed by atoms with Crippen molar-refractivity contribution in [2.24, 2.45) is 5.92 Å². The maximum absolute atomic E-state index is 13.9. The van der Waals surface area contributed by atoms with Gasteiger partial charge >= 0.3 is 0 Å². The summed E-state index contributed by atoms with van der Waals surface area (Å²) in [5.41, 5.74) is 2.33. The monoisotopic (exact) mass is 371 g/mol. The number of likely N-dealkylation sites (tertiary alicyclic amines) is 1. The van der Waals surface area contributed by atoms with Crippen molar-refractivity contribution in [3.05, 3.63) is 35.4 Å². The van der Waals surface area contributed by atoms with Crippen molar-refractivity contribution in [3.63, 3.8) is 0 Å². The van der Waals surface area contributed by atoms with Gasteiger partial charge in [-0.1, -0.05) is 31.2 Å². The van der Waals surface area contributed by atoms with Gasteiger partial charge in [-0.3, -0.25) is 9.69 Å². The van der Waals surface area contributed by atoms with Crippen LogP contribution in [0.4, 0.5) is 0 Å². The lowest BCUT2D eigenvalue weighted by Crippen LogP contribution is -2.64. The molecule has 5 heteroatoms. The molecular weight excluding hydrogens is 338 g/mol. The Balaban J connectivity index is 1.57. The molecule has 1 aromatic rings. The standard InChI is InChI=1S/C22H33N3O2/c1-3-23-10-12-25(13-11-23)22(14-19-6-4-5-7-20(19)15-22)21(26)24-9-8-18(16-24)17-27-2/h4-7,18H,3,8-17H2,1-2H3/t18-/m0/s1. The molecule has 0 bridgehead atoms. The normalized spacial score (nSPS) is 25.7. The van der Waals surface area contributed by atoms with Gasteiger partial charge in [-0.25, -0.2) is 0 Å². The van der Waals surface area contributed by atoms with Crippen molar-refractivity contribution in [1.82, 2.24) is 14.7 Å². The number of fused-ring (bicyclic) bond motifs is 1. The third-order valence-electron chi connectivity index (χ3n) is 6.88. The van der Waals surface area contributed by atoms with E-state index in [-0.39, 0.29) is 5.54 Å². The third kappa shape index (κ3) is 3.53. The number of ether oxygens (including phenoxy) is 1. The minimum Gasteiger partial charge on any atom is -0.384 e. The van der Waals surface area contributed by atoms with Crippen molar-refractivity contribution < 1.29 is 9.53 Å². The maximum Gasteiger partial charge on any atom is 0.243 e. The van der Waals surface area contributed by atoms with Crippen molar-refractivity contribution >= 4 is 5.91 Å². The summed E-state index contributed by atoms with van der Waals surface area (Å²) in [6.45, 7) is 9.90. The number of rotatable bonds is 5. The molecule has 1 amide bonds. The second-order valence-corrected chi connectivity index (χ2v) is 8.44. The van der Waals surface area contributed by atoms with Gasteiger partial charge in [0.15, 0.2) is 0 Å². The van der Waals surface area contributed by atoms with Crippen LogP contribution in [-0.4, -0.2) is 85.7 Å². The number of benzene rings is 1. The van der Waals surface area contributed by atoms with Crippen LogP contribution in [0.15, 0.2) is 24.3 Å². The van der Waals surface area contributed by atoms with Gasteiger partial charge in [-0.2, -0.15) is 0 Å². The summed E-state index contributed by atoms with van der Waals surface area (Å²) in [5.74, 6) is 0.832. The molecule has 1 aromatic carbocycles. The van der Waals surface area contributed by atoms with Crippen LogP contribution in [0.3, 0.4) is 0 Å². The summed E-state index contributed by atoms with van der Waals surface area (Å²) in [4.78, 5) is 21.0. The van der Waals surface area contributed by atoms with Gasteiger partial charge in [-0.15, -0.1) is 0 Å². The van der Waals surface area contributed by atoms with E-state index < -0.39 is 0 Å². The summed E-state index contributed by atoms with van der Waals surface area (Å²) < 4.78 is 5.34. The average Bonchev–Trinajstić information content (AvgIpc) is 3.33. The second-order valence-electron chi connectivity index (χ2n) is 8.44. The quantitative estimate of drug-likeness (QED) is 0.789. The van der Waals surface area contributed by atoms with E-state index in [1.165, 1.54) is 11.1 Å². The van der Waals surface area contributed by atoms with Crippen LogP contribution in [-0.2, 0) is 22.4 Å². The van der Waals surface area contributed by atoms with E-state index in [9.17, 15) is 4.79 Å². The molecule has 0 N–H and O–H groups in total. The summed E-state index contributed by atoms with van der Waals surface area (Å²) in [6.07, 6.45) is 2.78. The summed E-state index contributed by atoms with van der Waals surface area (Å²) >= 11 is 0. The van der Waals surface area contributed by atoms with Gasteiger partial charge in [0.1, 0.15) is 5.54 Å². The molecular formula is C22H33N3O2. The highest BCUT2D eigenvalue weighted by molar-refractivity contribution is 5.88. The van der Waals surface area contributed by atoms with E-state index >= 15 is 0 Å². The Morgan fingerprint density at radius 2 is 1.78 bits per heavy atom. The van der Waals surface area contributed by atoms with Crippen molar-refractivity contribution in [3.8, 4) is 0 Å². The van der Waals surface area contributed by atoms with Crippen molar-refractivity contribution in [2.45, 2.75) is 31.7 Å². The fraction of sp³-hybridized carbons (Fsp3) is 0.682. The van der Waals surface area contributed by atoms with Gasteiger partial charge in [0.2, 0.25) is 5.91 Å². The van der Waals surface area contributed by atoms with Crippen LogP contribution in [0, 0.1) is 5.92 Å². The largest absolute Gasteiger partial charge is 0.384 e. The predicted octanol–water partition coefficient (Wildman–Crippen LogP) is 1.66. The molecule has 1 atom stereocenters. The summed E-state index contributed by atoms with van der Waals surface area (Å²) in [5, 5.41) is 0. The molecule has 148 valence electrons. The molecule has 2 heterocycles. The van der Waals surface area contributed by atoms with E-state index in [2.05, 4.69) is 45.9 Å². The van der Waals surface area contributed by atoms with Crippen LogP contribution in [0.2, 0.25) is 0 Å². The average molecular weight is 372 g/mol. The van der Waals surface area contributed by atoms with Crippen LogP contribution in [0.1, 0.15) is 24.5 Å². The van der Waals surface area contributed by atoms with Gasteiger partial charge in [0.25, 0.3) is 0 Å². The first-order chi connectivity index (χ1) is 13.2. The number of amides is 1. The molecule has 1 aliphatic carbocycles. The zero-order valence-electron chi connectivity index (χ0n) is 16.8. The molecule has 4 rings (SSSR count). The Morgan fingerprint density at radius 1 is 1.11 bits per heavy atom. The van der Waals surface area contributed by atoms with Crippen molar-refractivity contribution in [1.29, 1.82) is 0 Å². The number of nitrogens with zero attached hydrogens (tertiary/aromatic N) is 3. The summed E-state index contributed by atoms with van der Waals surface area (Å²) in [6, 6.07) is 8.65. The number of carbonyl (C=O) groups excluding carboxylic acids is 1. The number of hydrogen-bond donors (Lipinski definition) is 0. The number of piperazine rings is 1. The third-order valence-corrected chi connectivity index (χ3v) is 6.88. The molecule has 2 saturated heterocycles. The Kier molecular flexibility index (Phi) is 5.53. The number of likely N-dealkylation sites (N-methyl/N-ethyl adjacent to an activating group) is 1. The van der Waals surface area contributed by atoms with Gasteiger partial charge in [0.05, 0.1) is 6.61 Å². The van der Waals surface area contributed by atoms with E-state index in [4.69, 9.17) is 4.74 Å². The predicted molar refractivity (Wildman–Crippen MR) is 107 cm³/mol. The molecule has 5 nitrogen and oxygen atoms in total. The Labute approximate surface area is 163 Å². The van der Waals surface area contributed by atoms with E-state index in [0.717, 1.165) is 71.7 Å². The first-order valence-electron chi connectivity index (χ1n) is 10.5. The van der Waals surface area contributed by atoms with Crippen LogP contribution in [0.25, 0.3) is 0 Å². The molecule has 0 spiro atoms. The van der Waals surface area contributed by atoms with E-state index in [0.29, 0.717) is 11.8 Å². The molecule has 0 saturated carbocycles. The van der Waals surface area contributed by atoms with Crippen LogP contribution >= 0.6 is 0 Å². The number of hydrogen-bond acceptors (Lipinski definition) is 4. The Bertz CT molecular complexity index is 644. The Morgan fingerprint density at radius 3 is 2.37 bits per heavy atom. The molecule has 27 heavy (non-hydrogen) atoms. The first-order valence-corrected chi connectivity index (χ1v) is 10.5. The highest BCUT2D eigenvalue weighted by Crippen LogP contribution is 2.38. The minimum atomic E-state index is -0.383. The van der Waals surface area contributed by atoms with Crippen LogP contribution < -0.4 is 0 Å². The van der Waals surface area contributed by atoms with E-state index in [1.807, 2.05) is 0 Å². The fourth-order valence-electron chi connectivity index (χ4n) is 5.28. The molecule has 0 unspecified atom stereocenters. The molecule has 0 radical (unpaired) electrons. The number of methoxy groups -OCH3 is 1. The number of carbonyl (C=O) groups is 1. The first kappa shape index (κ1) is 18.9. The molecule has 2 fully saturated rings. The molecule has 3 aliphatic rings. The Hall–Kier alpha value is -1.43. The van der Waals surface area contributed by atoms with Crippen LogP contribution in [0.5, 0.6) is 0 Å². The van der Waals surface area contributed by atoms with Gasteiger partial charge < -0.3 is 14.5 Å². The molecule has 2 aliphatic heterocycles. The van der Waals surface area contributed by atoms with Gasteiger partial charge in [0, 0.05) is 65.1 Å². The highest BCUT2D eigenvalue weighted by Gasteiger charge is 2.51. The zero-order valence-corrected chi connectivity index (χ0v) is 16.8. The maximum atomic E-state index is 13.9. The zero-order chi connectivity index (χ0) is 18.9. The fourth-order valence-corrected chi connectivity index (χ4v) is 5.28. The lowest BCUT2D eigenvalue weighted by atomic mass is 9.90. The highest BCUT2D eigenvalue weighted by atomic mass is 16.5. The lowest BCUT2D eigenvalue weighted by Gasteiger charge is -2.46. The minimum absolute atomic E-state index is 0.349. The van der Waals surface area contributed by atoms with E-state index in [1.54, 1.807) is 7.11 Å². The topological polar surface area (TPSA) is 36.0 Å².